The highest BCUT2D eigenvalue weighted by Gasteiger charge is 2.05. The van der Waals surface area contributed by atoms with Crippen LogP contribution in [0.25, 0.3) is 0 Å². The predicted molar refractivity (Wildman–Crippen MR) is 69.2 cm³/mol. The van der Waals surface area contributed by atoms with Crippen molar-refractivity contribution in [2.75, 3.05) is 6.54 Å². The number of rotatable bonds is 6. The zero-order valence-electron chi connectivity index (χ0n) is 10.5. The van der Waals surface area contributed by atoms with Gasteiger partial charge in [-0.2, -0.15) is 5.10 Å². The molecule has 19 heavy (non-hydrogen) atoms. The molecule has 7 nitrogen and oxygen atoms in total. The summed E-state index contributed by atoms with van der Waals surface area (Å²) in [6.45, 7) is 0.909. The van der Waals surface area contributed by atoms with Gasteiger partial charge in [-0.25, -0.2) is 4.98 Å². The number of aryl methyl sites for hydroxylation is 1. The molecule has 0 saturated heterocycles. The SMILES string of the molecule is NCc1cc(C(=O)NCCCc2ncn[nH]2)ccn1. The fraction of sp³-hybridized carbons (Fsp3) is 0.333. The van der Waals surface area contributed by atoms with Gasteiger partial charge in [0.25, 0.3) is 5.91 Å². The summed E-state index contributed by atoms with van der Waals surface area (Å²) in [6, 6.07) is 3.37. The molecule has 0 fully saturated rings. The average molecular weight is 260 g/mol. The van der Waals surface area contributed by atoms with E-state index in [1.165, 1.54) is 6.33 Å². The van der Waals surface area contributed by atoms with Gasteiger partial charge in [-0.05, 0) is 18.6 Å². The topological polar surface area (TPSA) is 110 Å². The second-order valence-corrected chi connectivity index (χ2v) is 4.03. The summed E-state index contributed by atoms with van der Waals surface area (Å²) in [6.07, 6.45) is 4.62. The fourth-order valence-corrected chi connectivity index (χ4v) is 1.64. The van der Waals surface area contributed by atoms with Crippen LogP contribution in [0.2, 0.25) is 0 Å². The lowest BCUT2D eigenvalue weighted by molar-refractivity contribution is 0.0953. The highest BCUT2D eigenvalue weighted by Crippen LogP contribution is 2.01. The van der Waals surface area contributed by atoms with Crippen LogP contribution in [-0.2, 0) is 13.0 Å². The molecule has 0 atom stereocenters. The molecule has 2 rings (SSSR count). The second kappa shape index (κ2) is 6.60. The van der Waals surface area contributed by atoms with Crippen molar-refractivity contribution in [3.63, 3.8) is 0 Å². The monoisotopic (exact) mass is 260 g/mol. The number of hydrogen-bond acceptors (Lipinski definition) is 5. The van der Waals surface area contributed by atoms with Crippen molar-refractivity contribution >= 4 is 5.91 Å². The molecule has 0 radical (unpaired) electrons. The molecule has 100 valence electrons. The molecule has 4 N–H and O–H groups in total. The van der Waals surface area contributed by atoms with Gasteiger partial charge in [-0.3, -0.25) is 14.9 Å². The first kappa shape index (κ1) is 13.2. The standard InChI is InChI=1S/C12H16N6O/c13-7-10-6-9(3-5-14-10)12(19)15-4-1-2-11-16-8-17-18-11/h3,5-6,8H,1-2,4,7,13H2,(H,15,19)(H,16,17,18). The Morgan fingerprint density at radius 3 is 3.05 bits per heavy atom. The minimum Gasteiger partial charge on any atom is -0.352 e. The fourth-order valence-electron chi connectivity index (χ4n) is 1.64. The van der Waals surface area contributed by atoms with Crippen molar-refractivity contribution < 1.29 is 4.79 Å². The van der Waals surface area contributed by atoms with Crippen molar-refractivity contribution in [3.05, 3.63) is 41.7 Å². The summed E-state index contributed by atoms with van der Waals surface area (Å²) in [5.41, 5.74) is 6.77. The molecular formula is C12H16N6O. The summed E-state index contributed by atoms with van der Waals surface area (Å²) in [5, 5.41) is 9.38. The summed E-state index contributed by atoms with van der Waals surface area (Å²) < 4.78 is 0. The number of aromatic nitrogens is 4. The Hall–Kier alpha value is -2.28. The highest BCUT2D eigenvalue weighted by atomic mass is 16.1. The van der Waals surface area contributed by atoms with Crippen LogP contribution in [-0.4, -0.2) is 32.6 Å². The number of nitrogens with two attached hydrogens (primary N) is 1. The molecule has 0 aromatic carbocycles. The first-order valence-electron chi connectivity index (χ1n) is 6.07. The van der Waals surface area contributed by atoms with Crippen LogP contribution in [0.15, 0.2) is 24.7 Å². The molecule has 0 unspecified atom stereocenters. The number of H-pyrrole nitrogens is 1. The van der Waals surface area contributed by atoms with Gasteiger partial charge in [0.2, 0.25) is 0 Å². The quantitative estimate of drug-likeness (QED) is 0.634. The Balaban J connectivity index is 1.77. The Bertz CT molecular complexity index is 525. The third kappa shape index (κ3) is 3.85. The van der Waals surface area contributed by atoms with Gasteiger partial charge in [0.05, 0.1) is 5.69 Å². The van der Waals surface area contributed by atoms with Gasteiger partial charge in [0.1, 0.15) is 12.2 Å². The van der Waals surface area contributed by atoms with E-state index in [4.69, 9.17) is 5.73 Å². The van der Waals surface area contributed by atoms with E-state index in [-0.39, 0.29) is 5.91 Å². The van der Waals surface area contributed by atoms with E-state index >= 15 is 0 Å². The Morgan fingerprint density at radius 1 is 1.42 bits per heavy atom. The van der Waals surface area contributed by atoms with E-state index in [2.05, 4.69) is 25.5 Å². The lowest BCUT2D eigenvalue weighted by Gasteiger charge is -2.05. The number of carbonyl (C=O) groups is 1. The first-order chi connectivity index (χ1) is 9.29. The molecule has 0 bridgehead atoms. The van der Waals surface area contributed by atoms with Gasteiger partial charge in [-0.15, -0.1) is 0 Å². The van der Waals surface area contributed by atoms with E-state index < -0.39 is 0 Å². The van der Waals surface area contributed by atoms with Gasteiger partial charge in [0, 0.05) is 31.3 Å². The number of carbonyl (C=O) groups excluding carboxylic acids is 1. The summed E-state index contributed by atoms with van der Waals surface area (Å²) in [7, 11) is 0. The minimum atomic E-state index is -0.116. The van der Waals surface area contributed by atoms with Gasteiger partial charge < -0.3 is 11.1 Å². The van der Waals surface area contributed by atoms with Gasteiger partial charge >= 0.3 is 0 Å². The van der Waals surface area contributed by atoms with E-state index in [0.717, 1.165) is 18.7 Å². The van der Waals surface area contributed by atoms with Crippen LogP contribution >= 0.6 is 0 Å². The number of nitrogens with one attached hydrogen (secondary N) is 2. The number of pyridine rings is 1. The molecule has 0 spiro atoms. The Labute approximate surface area is 110 Å². The third-order valence-corrected chi connectivity index (χ3v) is 2.63. The van der Waals surface area contributed by atoms with Crippen molar-refractivity contribution in [1.29, 1.82) is 0 Å². The molecule has 2 aromatic heterocycles. The van der Waals surface area contributed by atoms with Gasteiger partial charge in [0.15, 0.2) is 0 Å². The highest BCUT2D eigenvalue weighted by molar-refractivity contribution is 5.94. The summed E-state index contributed by atoms with van der Waals surface area (Å²) in [4.78, 5) is 19.9. The largest absolute Gasteiger partial charge is 0.352 e. The maximum absolute atomic E-state index is 11.9. The number of hydrogen-bond donors (Lipinski definition) is 3. The van der Waals surface area contributed by atoms with Crippen molar-refractivity contribution in [3.8, 4) is 0 Å². The van der Waals surface area contributed by atoms with Crippen LogP contribution in [0.3, 0.4) is 0 Å². The smallest absolute Gasteiger partial charge is 0.251 e. The van der Waals surface area contributed by atoms with Crippen molar-refractivity contribution in [2.24, 2.45) is 5.73 Å². The molecule has 0 aliphatic carbocycles. The number of aromatic amines is 1. The Morgan fingerprint density at radius 2 is 2.32 bits per heavy atom. The zero-order valence-corrected chi connectivity index (χ0v) is 10.5. The van der Waals surface area contributed by atoms with Crippen molar-refractivity contribution in [1.82, 2.24) is 25.5 Å². The molecule has 0 saturated carbocycles. The van der Waals surface area contributed by atoms with Crippen LogP contribution in [0, 0.1) is 0 Å². The molecular weight excluding hydrogens is 244 g/mol. The maximum atomic E-state index is 11.9. The van der Waals surface area contributed by atoms with Crippen LogP contribution < -0.4 is 11.1 Å². The molecule has 0 aliphatic heterocycles. The summed E-state index contributed by atoms with van der Waals surface area (Å²) in [5.74, 6) is 0.707. The van der Waals surface area contributed by atoms with Crippen LogP contribution in [0.4, 0.5) is 0 Å². The third-order valence-electron chi connectivity index (χ3n) is 2.63. The normalized spacial score (nSPS) is 10.4. The van der Waals surface area contributed by atoms with E-state index in [0.29, 0.717) is 24.3 Å². The zero-order chi connectivity index (χ0) is 13.5. The molecule has 0 aliphatic rings. The Kier molecular flexibility index (Phi) is 4.57. The summed E-state index contributed by atoms with van der Waals surface area (Å²) >= 11 is 0. The van der Waals surface area contributed by atoms with Crippen LogP contribution in [0.1, 0.15) is 28.3 Å². The number of amides is 1. The first-order valence-corrected chi connectivity index (χ1v) is 6.07. The lowest BCUT2D eigenvalue weighted by atomic mass is 10.2. The second-order valence-electron chi connectivity index (χ2n) is 4.03. The minimum absolute atomic E-state index is 0.116. The molecule has 7 heteroatoms. The number of nitrogens with zero attached hydrogens (tertiary/aromatic N) is 3. The van der Waals surface area contributed by atoms with E-state index in [1.54, 1.807) is 18.3 Å². The van der Waals surface area contributed by atoms with E-state index in [9.17, 15) is 4.79 Å². The van der Waals surface area contributed by atoms with E-state index in [1.807, 2.05) is 0 Å². The molecule has 2 aromatic rings. The molecule has 2 heterocycles. The predicted octanol–water partition coefficient (Wildman–Crippen LogP) is 0.0210. The lowest BCUT2D eigenvalue weighted by Crippen LogP contribution is -2.25. The average Bonchev–Trinajstić information content (AvgIpc) is 2.96. The molecule has 1 amide bonds. The van der Waals surface area contributed by atoms with Gasteiger partial charge in [-0.1, -0.05) is 0 Å². The van der Waals surface area contributed by atoms with Crippen LogP contribution in [0.5, 0.6) is 0 Å². The maximum Gasteiger partial charge on any atom is 0.251 e. The van der Waals surface area contributed by atoms with Crippen molar-refractivity contribution in [2.45, 2.75) is 19.4 Å².